The average molecular weight is 384 g/mol. The van der Waals surface area contributed by atoms with Gasteiger partial charge in [0.05, 0.1) is 14.2 Å². The highest BCUT2D eigenvalue weighted by Crippen LogP contribution is 2.31. The number of amides is 2. The summed E-state index contributed by atoms with van der Waals surface area (Å²) in [6.45, 7) is 4.68. The topological polar surface area (TPSA) is 88.9 Å². The predicted octanol–water partition coefficient (Wildman–Crippen LogP) is 2.72. The molecule has 0 fully saturated rings. The van der Waals surface area contributed by atoms with Gasteiger partial charge in [-0.15, -0.1) is 0 Å². The SMILES string of the molecule is CCOCCCN1C(=O)C(C#N)=C(C)/C(=C\c2ccc(OC)c(OC)c2)C1=O. The second-order valence-electron chi connectivity index (χ2n) is 6.10. The van der Waals surface area contributed by atoms with Crippen LogP contribution >= 0.6 is 0 Å². The van der Waals surface area contributed by atoms with Crippen LogP contribution in [0.4, 0.5) is 0 Å². The van der Waals surface area contributed by atoms with Crippen LogP contribution in [0, 0.1) is 11.3 Å². The smallest absolute Gasteiger partial charge is 0.271 e. The van der Waals surface area contributed by atoms with Gasteiger partial charge in [0.1, 0.15) is 11.6 Å². The largest absolute Gasteiger partial charge is 0.493 e. The Hall–Kier alpha value is -3.11. The van der Waals surface area contributed by atoms with Gasteiger partial charge < -0.3 is 14.2 Å². The number of nitrogens with zero attached hydrogens (tertiary/aromatic N) is 2. The van der Waals surface area contributed by atoms with E-state index in [2.05, 4.69) is 0 Å². The van der Waals surface area contributed by atoms with Gasteiger partial charge in [0.2, 0.25) is 0 Å². The Morgan fingerprint density at radius 2 is 1.86 bits per heavy atom. The van der Waals surface area contributed by atoms with Crippen LogP contribution in [-0.4, -0.2) is 50.7 Å². The zero-order valence-electron chi connectivity index (χ0n) is 16.6. The first-order chi connectivity index (χ1) is 13.5. The van der Waals surface area contributed by atoms with Crippen molar-refractivity contribution in [2.24, 2.45) is 0 Å². The van der Waals surface area contributed by atoms with E-state index in [1.165, 1.54) is 7.11 Å². The summed E-state index contributed by atoms with van der Waals surface area (Å²) in [6.07, 6.45) is 2.16. The number of carbonyl (C=O) groups is 2. The number of carbonyl (C=O) groups excluding carboxylic acids is 2. The minimum absolute atomic E-state index is 0.0252. The Kier molecular flexibility index (Phi) is 7.36. The molecular weight excluding hydrogens is 360 g/mol. The van der Waals surface area contributed by atoms with Crippen LogP contribution in [-0.2, 0) is 14.3 Å². The molecular formula is C21H24N2O5. The van der Waals surface area contributed by atoms with E-state index < -0.39 is 11.8 Å². The van der Waals surface area contributed by atoms with Gasteiger partial charge in [0, 0.05) is 25.3 Å². The molecule has 0 bridgehead atoms. The number of hydrogen-bond acceptors (Lipinski definition) is 6. The van der Waals surface area contributed by atoms with Crippen molar-refractivity contribution in [2.45, 2.75) is 20.3 Å². The van der Waals surface area contributed by atoms with Crippen LogP contribution in [0.25, 0.3) is 6.08 Å². The van der Waals surface area contributed by atoms with Crippen molar-refractivity contribution >= 4 is 17.9 Å². The summed E-state index contributed by atoms with van der Waals surface area (Å²) in [4.78, 5) is 26.6. The third kappa shape index (κ3) is 4.41. The molecule has 0 aliphatic carbocycles. The Balaban J connectivity index is 2.42. The van der Waals surface area contributed by atoms with Gasteiger partial charge >= 0.3 is 0 Å². The van der Waals surface area contributed by atoms with Crippen LogP contribution in [0.3, 0.4) is 0 Å². The molecule has 1 heterocycles. The molecule has 0 saturated carbocycles. The first-order valence-electron chi connectivity index (χ1n) is 8.97. The van der Waals surface area contributed by atoms with Crippen molar-refractivity contribution in [3.8, 4) is 17.6 Å². The highest BCUT2D eigenvalue weighted by atomic mass is 16.5. The standard InChI is InChI=1S/C21H24N2O5/c1-5-28-10-6-9-23-20(24)16(14(2)17(13-22)21(23)25)11-15-7-8-18(26-3)19(12-15)27-4/h7-8,11-12H,5-6,9-10H2,1-4H3/b16-11+. The van der Waals surface area contributed by atoms with Gasteiger partial charge in [-0.05, 0) is 49.6 Å². The number of hydrogen-bond donors (Lipinski definition) is 0. The number of ether oxygens (including phenoxy) is 3. The molecule has 7 nitrogen and oxygen atoms in total. The first kappa shape index (κ1) is 21.2. The third-order valence-corrected chi connectivity index (χ3v) is 4.42. The van der Waals surface area contributed by atoms with Gasteiger partial charge in [-0.25, -0.2) is 0 Å². The molecule has 148 valence electrons. The zero-order chi connectivity index (χ0) is 20.7. The van der Waals surface area contributed by atoms with Gasteiger partial charge in [-0.2, -0.15) is 5.26 Å². The fraction of sp³-hybridized carbons (Fsp3) is 0.381. The average Bonchev–Trinajstić information content (AvgIpc) is 2.70. The Morgan fingerprint density at radius 1 is 1.14 bits per heavy atom. The molecule has 28 heavy (non-hydrogen) atoms. The van der Waals surface area contributed by atoms with Crippen molar-refractivity contribution < 1.29 is 23.8 Å². The molecule has 2 amide bonds. The summed E-state index contributed by atoms with van der Waals surface area (Å²) in [7, 11) is 3.07. The molecule has 0 saturated heterocycles. The van der Waals surface area contributed by atoms with Crippen molar-refractivity contribution in [1.29, 1.82) is 5.26 Å². The molecule has 0 radical (unpaired) electrons. The van der Waals surface area contributed by atoms with Gasteiger partial charge in [0.15, 0.2) is 11.5 Å². The minimum Gasteiger partial charge on any atom is -0.493 e. The highest BCUT2D eigenvalue weighted by Gasteiger charge is 2.35. The molecule has 7 heteroatoms. The van der Waals surface area contributed by atoms with Crippen LogP contribution in [0.15, 0.2) is 34.9 Å². The lowest BCUT2D eigenvalue weighted by atomic mass is 9.93. The summed E-state index contributed by atoms with van der Waals surface area (Å²) in [5, 5.41) is 9.42. The van der Waals surface area contributed by atoms with Crippen LogP contribution in [0.1, 0.15) is 25.8 Å². The third-order valence-electron chi connectivity index (χ3n) is 4.42. The molecule has 1 aromatic rings. The fourth-order valence-corrected chi connectivity index (χ4v) is 2.91. The molecule has 2 rings (SSSR count). The molecule has 1 aliphatic heterocycles. The number of rotatable bonds is 8. The van der Waals surface area contributed by atoms with E-state index in [4.69, 9.17) is 14.2 Å². The molecule has 0 spiro atoms. The van der Waals surface area contributed by atoms with Crippen molar-refractivity contribution in [2.75, 3.05) is 34.0 Å². The lowest BCUT2D eigenvalue weighted by Gasteiger charge is -2.27. The highest BCUT2D eigenvalue weighted by molar-refractivity contribution is 6.19. The second-order valence-corrected chi connectivity index (χ2v) is 6.10. The van der Waals surface area contributed by atoms with Gasteiger partial charge in [0.25, 0.3) is 11.8 Å². The molecule has 0 aromatic heterocycles. The number of imide groups is 1. The van der Waals surface area contributed by atoms with E-state index in [0.29, 0.717) is 47.8 Å². The Morgan fingerprint density at radius 3 is 2.46 bits per heavy atom. The summed E-state index contributed by atoms with van der Waals surface area (Å²) >= 11 is 0. The predicted molar refractivity (Wildman–Crippen MR) is 104 cm³/mol. The molecule has 0 atom stereocenters. The maximum atomic E-state index is 12.9. The fourth-order valence-electron chi connectivity index (χ4n) is 2.91. The lowest BCUT2D eigenvalue weighted by molar-refractivity contribution is -0.140. The molecule has 0 unspecified atom stereocenters. The van der Waals surface area contributed by atoms with E-state index in [-0.39, 0.29) is 12.1 Å². The molecule has 1 aliphatic rings. The van der Waals surface area contributed by atoms with E-state index in [0.717, 1.165) is 4.90 Å². The Bertz CT molecular complexity index is 864. The molecule has 0 N–H and O–H groups in total. The molecule has 1 aromatic carbocycles. The summed E-state index contributed by atoms with van der Waals surface area (Å²) < 4.78 is 15.8. The van der Waals surface area contributed by atoms with Crippen molar-refractivity contribution in [3.63, 3.8) is 0 Å². The first-order valence-corrected chi connectivity index (χ1v) is 8.97. The summed E-state index contributed by atoms with van der Waals surface area (Å²) in [5.74, 6) is 0.1000. The van der Waals surface area contributed by atoms with Gasteiger partial charge in [-0.3, -0.25) is 14.5 Å². The number of nitriles is 1. The maximum Gasteiger partial charge on any atom is 0.271 e. The van der Waals surface area contributed by atoms with Crippen molar-refractivity contribution in [1.82, 2.24) is 4.90 Å². The summed E-state index contributed by atoms with van der Waals surface area (Å²) in [6, 6.07) is 7.17. The zero-order valence-corrected chi connectivity index (χ0v) is 16.6. The quantitative estimate of drug-likeness (QED) is 0.389. The number of methoxy groups -OCH3 is 2. The second kappa shape index (κ2) is 9.72. The van der Waals surface area contributed by atoms with E-state index in [9.17, 15) is 14.9 Å². The normalized spacial score (nSPS) is 15.8. The summed E-state index contributed by atoms with van der Waals surface area (Å²) in [5.41, 5.74) is 1.34. The van der Waals surface area contributed by atoms with Crippen LogP contribution in [0.5, 0.6) is 11.5 Å². The van der Waals surface area contributed by atoms with Crippen molar-refractivity contribution in [3.05, 3.63) is 40.5 Å². The van der Waals surface area contributed by atoms with E-state index >= 15 is 0 Å². The maximum absolute atomic E-state index is 12.9. The van der Waals surface area contributed by atoms with Crippen LogP contribution < -0.4 is 9.47 Å². The Labute approximate surface area is 164 Å². The van der Waals surface area contributed by atoms with E-state index in [1.807, 2.05) is 13.0 Å². The number of benzene rings is 1. The lowest BCUT2D eigenvalue weighted by Crippen LogP contribution is -2.43. The monoisotopic (exact) mass is 384 g/mol. The minimum atomic E-state index is -0.564. The van der Waals surface area contributed by atoms with Crippen LogP contribution in [0.2, 0.25) is 0 Å². The van der Waals surface area contributed by atoms with Gasteiger partial charge in [-0.1, -0.05) is 6.07 Å². The van der Waals surface area contributed by atoms with E-state index in [1.54, 1.807) is 38.3 Å².